The fraction of sp³-hybridized carbons (Fsp3) is 0.333. The third kappa shape index (κ3) is 2.81. The molecule has 4 heteroatoms. The van der Waals surface area contributed by atoms with Crippen LogP contribution in [-0.2, 0) is 4.79 Å². The summed E-state index contributed by atoms with van der Waals surface area (Å²) in [6.07, 6.45) is 0. The van der Waals surface area contributed by atoms with Gasteiger partial charge in [-0.1, -0.05) is 0 Å². The molecule has 0 saturated carbocycles. The van der Waals surface area contributed by atoms with Crippen molar-refractivity contribution in [2.45, 2.75) is 26.4 Å². The molecule has 0 atom stereocenters. The molecule has 0 aliphatic heterocycles. The summed E-state index contributed by atoms with van der Waals surface area (Å²) in [5.41, 5.74) is 0.517. The lowest BCUT2D eigenvalue weighted by Crippen LogP contribution is -2.36. The molecule has 1 rings (SSSR count). The minimum atomic E-state index is -1.41. The van der Waals surface area contributed by atoms with Crippen LogP contribution in [-0.4, -0.2) is 16.6 Å². The molecule has 4 nitrogen and oxygen atoms in total. The predicted octanol–water partition coefficient (Wildman–Crippen LogP) is 1.58. The maximum Gasteiger partial charge on any atom is 0.255 e. The number of hydrogen-bond donors (Lipinski definition) is 2. The third-order valence-corrected chi connectivity index (χ3v) is 2.16. The van der Waals surface area contributed by atoms with Gasteiger partial charge in [0, 0.05) is 5.69 Å². The Morgan fingerprint density at radius 2 is 2.12 bits per heavy atom. The predicted molar refractivity (Wildman–Crippen MR) is 60.8 cm³/mol. The van der Waals surface area contributed by atoms with E-state index in [2.05, 4.69) is 5.32 Å². The molecule has 1 aromatic carbocycles. The first-order valence-electron chi connectivity index (χ1n) is 4.89. The van der Waals surface area contributed by atoms with Crippen LogP contribution >= 0.6 is 0 Å². The highest BCUT2D eigenvalue weighted by Crippen LogP contribution is 2.15. The van der Waals surface area contributed by atoms with Crippen LogP contribution in [0.1, 0.15) is 25.0 Å². The summed E-state index contributed by atoms with van der Waals surface area (Å²) in [5, 5.41) is 20.8. The van der Waals surface area contributed by atoms with E-state index in [1.54, 1.807) is 25.1 Å². The van der Waals surface area contributed by atoms with E-state index in [0.29, 0.717) is 11.3 Å². The number of aliphatic hydroxyl groups is 1. The molecule has 0 aliphatic rings. The Morgan fingerprint density at radius 1 is 1.50 bits per heavy atom. The molecule has 0 bridgehead atoms. The topological polar surface area (TPSA) is 73.1 Å². The van der Waals surface area contributed by atoms with Crippen molar-refractivity contribution in [2.75, 3.05) is 5.32 Å². The number of carbonyl (C=O) groups excluding carboxylic acids is 1. The van der Waals surface area contributed by atoms with Gasteiger partial charge >= 0.3 is 0 Å². The summed E-state index contributed by atoms with van der Waals surface area (Å²) in [6.45, 7) is 4.62. The SMILES string of the molecule is Cc1cc(NC(=O)C(C)(C)O)ccc1C#N. The molecule has 0 saturated heterocycles. The molecule has 84 valence electrons. The Labute approximate surface area is 94.5 Å². The van der Waals surface area contributed by atoms with E-state index in [-0.39, 0.29) is 0 Å². The Hall–Kier alpha value is -1.86. The van der Waals surface area contributed by atoms with Crippen LogP contribution in [0.5, 0.6) is 0 Å². The van der Waals surface area contributed by atoms with Crippen LogP contribution in [0.3, 0.4) is 0 Å². The fourth-order valence-electron chi connectivity index (χ4n) is 1.15. The highest BCUT2D eigenvalue weighted by molar-refractivity contribution is 5.96. The van der Waals surface area contributed by atoms with Crippen molar-refractivity contribution in [3.05, 3.63) is 29.3 Å². The molecule has 2 N–H and O–H groups in total. The van der Waals surface area contributed by atoms with Crippen molar-refractivity contribution in [2.24, 2.45) is 0 Å². The van der Waals surface area contributed by atoms with Crippen LogP contribution in [0.2, 0.25) is 0 Å². The summed E-state index contributed by atoms with van der Waals surface area (Å²) >= 11 is 0. The summed E-state index contributed by atoms with van der Waals surface area (Å²) in [7, 11) is 0. The van der Waals surface area contributed by atoms with E-state index in [4.69, 9.17) is 5.26 Å². The molecule has 0 radical (unpaired) electrons. The number of carbonyl (C=O) groups is 1. The lowest BCUT2D eigenvalue weighted by atomic mass is 10.1. The van der Waals surface area contributed by atoms with Crippen molar-refractivity contribution < 1.29 is 9.90 Å². The van der Waals surface area contributed by atoms with Gasteiger partial charge in [0.25, 0.3) is 5.91 Å². The number of benzene rings is 1. The molecule has 1 aromatic rings. The molecule has 1 amide bonds. The van der Waals surface area contributed by atoms with Crippen LogP contribution in [0, 0.1) is 18.3 Å². The summed E-state index contributed by atoms with van der Waals surface area (Å²) in [5.74, 6) is -0.475. The Bertz CT molecular complexity index is 453. The zero-order valence-corrected chi connectivity index (χ0v) is 9.53. The van der Waals surface area contributed by atoms with Crippen LogP contribution in [0.25, 0.3) is 0 Å². The van der Waals surface area contributed by atoms with Gasteiger partial charge in [0.2, 0.25) is 0 Å². The minimum absolute atomic E-state index is 0.475. The number of amides is 1. The Balaban J connectivity index is 2.89. The molecular weight excluding hydrogens is 204 g/mol. The fourth-order valence-corrected chi connectivity index (χ4v) is 1.15. The number of anilines is 1. The summed E-state index contributed by atoms with van der Waals surface area (Å²) in [4.78, 5) is 11.5. The van der Waals surface area contributed by atoms with Gasteiger partial charge in [-0.2, -0.15) is 5.26 Å². The number of nitrogens with zero attached hydrogens (tertiary/aromatic N) is 1. The average molecular weight is 218 g/mol. The first-order chi connectivity index (χ1) is 7.34. The molecule has 16 heavy (non-hydrogen) atoms. The number of rotatable bonds is 2. The monoisotopic (exact) mass is 218 g/mol. The number of hydrogen-bond acceptors (Lipinski definition) is 3. The smallest absolute Gasteiger partial charge is 0.255 e. The van der Waals surface area contributed by atoms with Gasteiger partial charge < -0.3 is 10.4 Å². The van der Waals surface area contributed by atoms with E-state index in [1.807, 2.05) is 6.07 Å². The van der Waals surface area contributed by atoms with E-state index in [0.717, 1.165) is 5.56 Å². The maximum absolute atomic E-state index is 11.5. The molecule has 0 spiro atoms. The van der Waals surface area contributed by atoms with Crippen LogP contribution < -0.4 is 5.32 Å². The standard InChI is InChI=1S/C12H14N2O2/c1-8-6-10(5-4-9(8)7-13)14-11(15)12(2,3)16/h4-6,16H,1-3H3,(H,14,15). The van der Waals surface area contributed by atoms with Crippen molar-refractivity contribution in [1.29, 1.82) is 5.26 Å². The van der Waals surface area contributed by atoms with Gasteiger partial charge in [0.15, 0.2) is 0 Å². The van der Waals surface area contributed by atoms with Gasteiger partial charge in [-0.25, -0.2) is 0 Å². The van der Waals surface area contributed by atoms with E-state index in [9.17, 15) is 9.90 Å². The third-order valence-electron chi connectivity index (χ3n) is 2.16. The summed E-state index contributed by atoms with van der Waals surface area (Å²) in [6, 6.07) is 7.01. The molecule has 0 fully saturated rings. The molecule has 0 aromatic heterocycles. The van der Waals surface area contributed by atoms with Crippen molar-refractivity contribution in [3.8, 4) is 6.07 Å². The highest BCUT2D eigenvalue weighted by atomic mass is 16.3. The number of nitriles is 1. The lowest BCUT2D eigenvalue weighted by molar-refractivity contribution is -0.130. The number of nitrogens with one attached hydrogen (secondary N) is 1. The summed E-state index contributed by atoms with van der Waals surface area (Å²) < 4.78 is 0. The minimum Gasteiger partial charge on any atom is -0.381 e. The Kier molecular flexibility index (Phi) is 3.31. The largest absolute Gasteiger partial charge is 0.381 e. The first-order valence-corrected chi connectivity index (χ1v) is 4.89. The molecule has 0 unspecified atom stereocenters. The van der Waals surface area contributed by atoms with Crippen LogP contribution in [0.4, 0.5) is 5.69 Å². The quantitative estimate of drug-likeness (QED) is 0.791. The number of aryl methyl sites for hydroxylation is 1. The van der Waals surface area contributed by atoms with E-state index < -0.39 is 11.5 Å². The molecular formula is C12H14N2O2. The second kappa shape index (κ2) is 4.33. The zero-order chi connectivity index (χ0) is 12.3. The van der Waals surface area contributed by atoms with Crippen LogP contribution in [0.15, 0.2) is 18.2 Å². The first kappa shape index (κ1) is 12.2. The molecule has 0 aliphatic carbocycles. The van der Waals surface area contributed by atoms with Crippen molar-refractivity contribution in [1.82, 2.24) is 0 Å². The van der Waals surface area contributed by atoms with E-state index >= 15 is 0 Å². The van der Waals surface area contributed by atoms with Gasteiger partial charge in [0.1, 0.15) is 5.60 Å². The van der Waals surface area contributed by atoms with Crippen molar-refractivity contribution in [3.63, 3.8) is 0 Å². The van der Waals surface area contributed by atoms with Gasteiger partial charge in [-0.15, -0.1) is 0 Å². The van der Waals surface area contributed by atoms with Crippen molar-refractivity contribution >= 4 is 11.6 Å². The molecule has 0 heterocycles. The maximum atomic E-state index is 11.5. The normalized spacial score (nSPS) is 10.7. The second-order valence-corrected chi connectivity index (χ2v) is 4.15. The Morgan fingerprint density at radius 3 is 2.56 bits per heavy atom. The highest BCUT2D eigenvalue weighted by Gasteiger charge is 2.23. The van der Waals surface area contributed by atoms with Gasteiger partial charge in [-0.05, 0) is 44.5 Å². The average Bonchev–Trinajstić information content (AvgIpc) is 2.16. The second-order valence-electron chi connectivity index (χ2n) is 4.15. The van der Waals surface area contributed by atoms with Gasteiger partial charge in [0.05, 0.1) is 11.6 Å². The van der Waals surface area contributed by atoms with E-state index in [1.165, 1.54) is 13.8 Å². The van der Waals surface area contributed by atoms with Gasteiger partial charge in [-0.3, -0.25) is 4.79 Å². The lowest BCUT2D eigenvalue weighted by Gasteiger charge is -2.16. The zero-order valence-electron chi connectivity index (χ0n) is 9.53.